The van der Waals surface area contributed by atoms with Crippen LogP contribution in [0.5, 0.6) is 0 Å². The van der Waals surface area contributed by atoms with Crippen LogP contribution in [0.25, 0.3) is 10.9 Å². The summed E-state index contributed by atoms with van der Waals surface area (Å²) in [6.07, 6.45) is 0.838. The van der Waals surface area contributed by atoms with Gasteiger partial charge in [0.25, 0.3) is 5.91 Å². The van der Waals surface area contributed by atoms with E-state index in [0.29, 0.717) is 12.5 Å². The summed E-state index contributed by atoms with van der Waals surface area (Å²) in [5.74, 6) is 0.866. The van der Waals surface area contributed by atoms with Crippen molar-refractivity contribution in [3.05, 3.63) is 35.0 Å². The Labute approximate surface area is 166 Å². The van der Waals surface area contributed by atoms with E-state index in [1.807, 2.05) is 28.0 Å². The fourth-order valence-corrected chi connectivity index (χ4v) is 4.45. The van der Waals surface area contributed by atoms with E-state index in [0.717, 1.165) is 67.7 Å². The van der Waals surface area contributed by atoms with Crippen molar-refractivity contribution in [2.24, 2.45) is 5.92 Å². The van der Waals surface area contributed by atoms with Gasteiger partial charge in [-0.15, -0.1) is 0 Å². The second-order valence-corrected chi connectivity index (χ2v) is 8.52. The monoisotopic (exact) mass is 382 g/mol. The van der Waals surface area contributed by atoms with Crippen LogP contribution in [-0.4, -0.2) is 70.8 Å². The molecule has 0 radical (unpaired) electrons. The van der Waals surface area contributed by atoms with Crippen LogP contribution in [0.4, 0.5) is 0 Å². The van der Waals surface area contributed by atoms with Crippen LogP contribution in [0.15, 0.2) is 18.2 Å². The van der Waals surface area contributed by atoms with Crippen LogP contribution >= 0.6 is 0 Å². The summed E-state index contributed by atoms with van der Waals surface area (Å²) < 4.78 is 0. The molecule has 2 amide bonds. The van der Waals surface area contributed by atoms with Crippen molar-refractivity contribution in [3.63, 3.8) is 0 Å². The average Bonchev–Trinajstić information content (AvgIpc) is 3.04. The number of carbonyl (C=O) groups excluding carboxylic acids is 2. The molecular formula is C22H30N4O2. The molecule has 2 aromatic rings. The SMILES string of the molecule is CC(=O)N1CCc2[nH]c3ccc(C(=O)N4CCN(CC(C)C)CC4)cc3c2C1. The van der Waals surface area contributed by atoms with Gasteiger partial charge < -0.3 is 14.8 Å². The van der Waals surface area contributed by atoms with E-state index >= 15 is 0 Å². The van der Waals surface area contributed by atoms with Crippen molar-refractivity contribution >= 4 is 22.7 Å². The number of rotatable bonds is 3. The lowest BCUT2D eigenvalue weighted by atomic mass is 10.0. The molecule has 3 heterocycles. The third-order valence-electron chi connectivity index (χ3n) is 5.95. The van der Waals surface area contributed by atoms with E-state index in [-0.39, 0.29) is 11.8 Å². The zero-order valence-electron chi connectivity index (χ0n) is 17.1. The summed E-state index contributed by atoms with van der Waals surface area (Å²) >= 11 is 0. The number of piperazine rings is 1. The first kappa shape index (κ1) is 19.0. The van der Waals surface area contributed by atoms with E-state index < -0.39 is 0 Å². The number of carbonyl (C=O) groups is 2. The standard InChI is InChI=1S/C22H30N4O2/c1-15(2)13-24-8-10-25(11-9-24)22(28)17-4-5-20-18(12-17)19-14-26(16(3)27)7-6-21(19)23-20/h4-5,12,15,23H,6-11,13-14H2,1-3H3. The topological polar surface area (TPSA) is 59.7 Å². The molecule has 0 spiro atoms. The minimum atomic E-state index is 0.103. The molecule has 28 heavy (non-hydrogen) atoms. The van der Waals surface area contributed by atoms with E-state index in [4.69, 9.17) is 0 Å². The minimum Gasteiger partial charge on any atom is -0.358 e. The Morgan fingerprint density at radius 2 is 1.82 bits per heavy atom. The smallest absolute Gasteiger partial charge is 0.253 e. The molecule has 2 aliphatic heterocycles. The van der Waals surface area contributed by atoms with Gasteiger partial charge in [-0.3, -0.25) is 14.5 Å². The minimum absolute atomic E-state index is 0.103. The summed E-state index contributed by atoms with van der Waals surface area (Å²) in [7, 11) is 0. The van der Waals surface area contributed by atoms with Crippen LogP contribution in [-0.2, 0) is 17.8 Å². The molecular weight excluding hydrogens is 352 g/mol. The molecule has 0 atom stereocenters. The van der Waals surface area contributed by atoms with E-state index in [2.05, 4.69) is 23.7 Å². The summed E-state index contributed by atoms with van der Waals surface area (Å²) in [6, 6.07) is 5.95. The number of fused-ring (bicyclic) bond motifs is 3. The first-order valence-corrected chi connectivity index (χ1v) is 10.3. The molecule has 0 saturated carbocycles. The number of hydrogen-bond acceptors (Lipinski definition) is 3. The van der Waals surface area contributed by atoms with Crippen molar-refractivity contribution in [1.82, 2.24) is 19.7 Å². The van der Waals surface area contributed by atoms with Crippen LogP contribution in [0.1, 0.15) is 42.4 Å². The number of benzene rings is 1. The lowest BCUT2D eigenvalue weighted by molar-refractivity contribution is -0.129. The summed E-state index contributed by atoms with van der Waals surface area (Å²) in [5.41, 5.74) is 4.15. The Morgan fingerprint density at radius 3 is 2.50 bits per heavy atom. The third kappa shape index (κ3) is 3.65. The predicted molar refractivity (Wildman–Crippen MR) is 110 cm³/mol. The van der Waals surface area contributed by atoms with Gasteiger partial charge in [0.1, 0.15) is 0 Å². The fraction of sp³-hybridized carbons (Fsp3) is 0.545. The molecule has 0 bridgehead atoms. The van der Waals surface area contributed by atoms with Gasteiger partial charge in [0.2, 0.25) is 5.91 Å². The van der Waals surface area contributed by atoms with Gasteiger partial charge >= 0.3 is 0 Å². The Hall–Kier alpha value is -2.34. The first-order valence-electron chi connectivity index (χ1n) is 10.3. The van der Waals surface area contributed by atoms with Crippen molar-refractivity contribution in [2.75, 3.05) is 39.3 Å². The molecule has 1 saturated heterocycles. The molecule has 1 aromatic heterocycles. The largest absolute Gasteiger partial charge is 0.358 e. The number of nitrogens with zero attached hydrogens (tertiary/aromatic N) is 3. The maximum atomic E-state index is 13.1. The molecule has 1 N–H and O–H groups in total. The van der Waals surface area contributed by atoms with E-state index in [1.165, 1.54) is 5.69 Å². The van der Waals surface area contributed by atoms with Crippen molar-refractivity contribution in [2.45, 2.75) is 33.7 Å². The Balaban J connectivity index is 1.53. The maximum Gasteiger partial charge on any atom is 0.253 e. The van der Waals surface area contributed by atoms with Crippen molar-refractivity contribution in [3.8, 4) is 0 Å². The molecule has 150 valence electrons. The van der Waals surface area contributed by atoms with Crippen LogP contribution in [0.3, 0.4) is 0 Å². The molecule has 0 aliphatic carbocycles. The van der Waals surface area contributed by atoms with Gasteiger partial charge in [0.05, 0.1) is 0 Å². The quantitative estimate of drug-likeness (QED) is 0.887. The van der Waals surface area contributed by atoms with Gasteiger partial charge in [-0.1, -0.05) is 13.8 Å². The normalized spacial score (nSPS) is 18.0. The highest BCUT2D eigenvalue weighted by Crippen LogP contribution is 2.29. The number of aromatic amines is 1. The third-order valence-corrected chi connectivity index (χ3v) is 5.95. The number of hydrogen-bond donors (Lipinski definition) is 1. The fourth-order valence-electron chi connectivity index (χ4n) is 4.45. The molecule has 4 rings (SSSR count). The molecule has 6 nitrogen and oxygen atoms in total. The second kappa shape index (κ2) is 7.59. The highest BCUT2D eigenvalue weighted by molar-refractivity contribution is 5.99. The van der Waals surface area contributed by atoms with Gasteiger partial charge in [-0.25, -0.2) is 0 Å². The maximum absolute atomic E-state index is 13.1. The summed E-state index contributed by atoms with van der Waals surface area (Å²) in [5, 5.41) is 1.07. The zero-order valence-corrected chi connectivity index (χ0v) is 17.1. The lowest BCUT2D eigenvalue weighted by Crippen LogP contribution is -2.49. The number of amides is 2. The summed E-state index contributed by atoms with van der Waals surface area (Å²) in [6.45, 7) is 12.0. The molecule has 2 aliphatic rings. The van der Waals surface area contributed by atoms with Gasteiger partial charge in [0.15, 0.2) is 0 Å². The zero-order chi connectivity index (χ0) is 19.8. The lowest BCUT2D eigenvalue weighted by Gasteiger charge is -2.35. The average molecular weight is 383 g/mol. The van der Waals surface area contributed by atoms with E-state index in [1.54, 1.807) is 6.92 Å². The first-order chi connectivity index (χ1) is 13.4. The second-order valence-electron chi connectivity index (χ2n) is 8.52. The van der Waals surface area contributed by atoms with Crippen LogP contribution in [0.2, 0.25) is 0 Å². The van der Waals surface area contributed by atoms with Gasteiger partial charge in [0, 0.05) is 86.9 Å². The highest BCUT2D eigenvalue weighted by Gasteiger charge is 2.25. The van der Waals surface area contributed by atoms with Crippen LogP contribution in [0, 0.1) is 5.92 Å². The Morgan fingerprint density at radius 1 is 1.07 bits per heavy atom. The molecule has 1 aromatic carbocycles. The predicted octanol–water partition coefficient (Wildman–Crippen LogP) is 2.49. The number of nitrogens with one attached hydrogen (secondary N) is 1. The van der Waals surface area contributed by atoms with Crippen molar-refractivity contribution < 1.29 is 9.59 Å². The van der Waals surface area contributed by atoms with Gasteiger partial charge in [-0.2, -0.15) is 0 Å². The molecule has 6 heteroatoms. The van der Waals surface area contributed by atoms with E-state index in [9.17, 15) is 9.59 Å². The van der Waals surface area contributed by atoms with Gasteiger partial charge in [-0.05, 0) is 24.1 Å². The molecule has 0 unspecified atom stereocenters. The van der Waals surface area contributed by atoms with Crippen molar-refractivity contribution in [1.29, 1.82) is 0 Å². The Bertz CT molecular complexity index is 893. The highest BCUT2D eigenvalue weighted by atomic mass is 16.2. The number of H-pyrrole nitrogens is 1. The van der Waals surface area contributed by atoms with Crippen LogP contribution < -0.4 is 0 Å². The Kier molecular flexibility index (Phi) is 5.15. The summed E-state index contributed by atoms with van der Waals surface area (Å²) in [4.78, 5) is 34.6. The number of aromatic nitrogens is 1. The molecule has 1 fully saturated rings.